The fourth-order valence-electron chi connectivity index (χ4n) is 2.50. The summed E-state index contributed by atoms with van der Waals surface area (Å²) in [5.41, 5.74) is 1.72. The van der Waals surface area contributed by atoms with Gasteiger partial charge in [0.05, 0.1) is 11.7 Å². The lowest BCUT2D eigenvalue weighted by Gasteiger charge is -1.94. The zero-order valence-corrected chi connectivity index (χ0v) is 13.7. The minimum Gasteiger partial charge on any atom is -0.493 e. The lowest BCUT2D eigenvalue weighted by Crippen LogP contribution is -2.04. The minimum atomic E-state index is -0.0402. The number of fused-ring (bicyclic) bond motifs is 1. The molecular formula is C19H15N6O+. The van der Waals surface area contributed by atoms with Gasteiger partial charge in [0.15, 0.2) is 5.69 Å². The number of nitrogens with one attached hydrogen (secondary N) is 2. The van der Waals surface area contributed by atoms with Crippen LogP contribution in [0, 0.1) is 0 Å². The molecule has 126 valence electrons. The van der Waals surface area contributed by atoms with Crippen molar-refractivity contribution in [1.82, 2.24) is 9.97 Å². The van der Waals surface area contributed by atoms with Crippen LogP contribution in [-0.4, -0.2) is 20.9 Å². The van der Waals surface area contributed by atoms with Crippen LogP contribution in [-0.2, 0) is 0 Å². The highest BCUT2D eigenvalue weighted by atomic mass is 16.3. The van der Waals surface area contributed by atoms with Crippen molar-refractivity contribution >= 4 is 28.2 Å². The van der Waals surface area contributed by atoms with Gasteiger partial charge in [-0.25, -0.2) is 4.98 Å². The van der Waals surface area contributed by atoms with Crippen LogP contribution in [0.3, 0.4) is 0 Å². The maximum atomic E-state index is 10.1. The second-order valence-electron chi connectivity index (χ2n) is 5.47. The van der Waals surface area contributed by atoms with Crippen molar-refractivity contribution in [2.24, 2.45) is 15.2 Å². The Morgan fingerprint density at radius 3 is 2.65 bits per heavy atom. The normalized spacial score (nSPS) is 12.1. The SMILES string of the molecule is Oc1[nH]c2ccccc2c1N=NC(=Nc1cccc[nH+]1)c1ccccn1. The van der Waals surface area contributed by atoms with E-state index in [1.165, 1.54) is 0 Å². The molecule has 4 aromatic rings. The summed E-state index contributed by atoms with van der Waals surface area (Å²) in [5, 5.41) is 19.4. The molecule has 0 aliphatic rings. The van der Waals surface area contributed by atoms with Gasteiger partial charge in [0, 0.05) is 17.6 Å². The average molecular weight is 343 g/mol. The molecule has 0 amide bonds. The number of aromatic nitrogens is 3. The van der Waals surface area contributed by atoms with E-state index in [1.54, 1.807) is 18.5 Å². The molecule has 7 heteroatoms. The van der Waals surface area contributed by atoms with E-state index >= 15 is 0 Å². The smallest absolute Gasteiger partial charge is 0.323 e. The van der Waals surface area contributed by atoms with Gasteiger partial charge >= 0.3 is 11.7 Å². The summed E-state index contributed by atoms with van der Waals surface area (Å²) in [6.45, 7) is 0. The van der Waals surface area contributed by atoms with Crippen LogP contribution in [0.1, 0.15) is 5.69 Å². The van der Waals surface area contributed by atoms with E-state index < -0.39 is 0 Å². The molecule has 0 saturated carbocycles. The molecule has 0 atom stereocenters. The van der Waals surface area contributed by atoms with Crippen LogP contribution in [0.2, 0.25) is 0 Å². The van der Waals surface area contributed by atoms with Gasteiger partial charge in [-0.15, -0.1) is 10.2 Å². The number of pyridine rings is 2. The first-order valence-corrected chi connectivity index (χ1v) is 7.99. The first kappa shape index (κ1) is 15.6. The summed E-state index contributed by atoms with van der Waals surface area (Å²) >= 11 is 0. The Bertz CT molecular complexity index is 1090. The standard InChI is InChI=1S/C19H14N6O/c26-19-17(13-7-1-2-8-14(13)22-19)24-25-18(15-9-3-5-11-20-15)23-16-10-4-6-12-21-16/h1-12,22,26H/p+1. The number of aromatic amines is 2. The second-order valence-corrected chi connectivity index (χ2v) is 5.47. The number of rotatable bonds is 3. The number of hydrogen-bond donors (Lipinski definition) is 2. The molecule has 0 unspecified atom stereocenters. The minimum absolute atomic E-state index is 0.0402. The molecule has 0 aliphatic heterocycles. The van der Waals surface area contributed by atoms with Gasteiger partial charge < -0.3 is 10.1 Å². The van der Waals surface area contributed by atoms with Crippen molar-refractivity contribution in [3.63, 3.8) is 0 Å². The molecule has 0 radical (unpaired) electrons. The van der Waals surface area contributed by atoms with E-state index in [4.69, 9.17) is 0 Å². The Hall–Kier alpha value is -3.87. The van der Waals surface area contributed by atoms with Gasteiger partial charge in [-0.1, -0.05) is 30.3 Å². The summed E-state index contributed by atoms with van der Waals surface area (Å²) in [4.78, 5) is 14.7. The van der Waals surface area contributed by atoms with Crippen LogP contribution in [0.15, 0.2) is 88.3 Å². The lowest BCUT2D eigenvalue weighted by molar-refractivity contribution is -0.362. The van der Waals surface area contributed by atoms with Crippen LogP contribution >= 0.6 is 0 Å². The van der Waals surface area contributed by atoms with Gasteiger partial charge in [0.25, 0.3) is 0 Å². The van der Waals surface area contributed by atoms with E-state index in [2.05, 4.69) is 30.2 Å². The largest absolute Gasteiger partial charge is 0.493 e. The molecule has 0 bridgehead atoms. The Morgan fingerprint density at radius 1 is 1.00 bits per heavy atom. The van der Waals surface area contributed by atoms with Crippen molar-refractivity contribution in [2.45, 2.75) is 0 Å². The molecule has 0 aliphatic carbocycles. The van der Waals surface area contributed by atoms with Gasteiger partial charge in [-0.3, -0.25) is 4.98 Å². The Kier molecular flexibility index (Phi) is 4.17. The topological polar surface area (TPSA) is 100 Å². The third kappa shape index (κ3) is 3.18. The van der Waals surface area contributed by atoms with Crippen LogP contribution in [0.5, 0.6) is 5.88 Å². The molecule has 0 fully saturated rings. The average Bonchev–Trinajstić information content (AvgIpc) is 3.02. The van der Waals surface area contributed by atoms with Crippen molar-refractivity contribution in [1.29, 1.82) is 0 Å². The van der Waals surface area contributed by atoms with Crippen molar-refractivity contribution < 1.29 is 10.1 Å². The molecule has 0 saturated heterocycles. The van der Waals surface area contributed by atoms with Gasteiger partial charge in [-0.05, 0) is 29.3 Å². The Labute approximate surface area is 148 Å². The summed E-state index contributed by atoms with van der Waals surface area (Å²) in [5.74, 6) is 0.912. The van der Waals surface area contributed by atoms with Crippen molar-refractivity contribution in [3.05, 3.63) is 78.8 Å². The zero-order chi connectivity index (χ0) is 17.8. The third-order valence-corrected chi connectivity index (χ3v) is 3.72. The molecule has 3 aromatic heterocycles. The number of hydrogen-bond acceptors (Lipinski definition) is 4. The highest BCUT2D eigenvalue weighted by molar-refractivity contribution is 5.99. The van der Waals surface area contributed by atoms with Gasteiger partial charge in [-0.2, -0.15) is 0 Å². The highest BCUT2D eigenvalue weighted by Crippen LogP contribution is 2.35. The summed E-state index contributed by atoms with van der Waals surface area (Å²) in [6.07, 6.45) is 3.44. The molecule has 7 nitrogen and oxygen atoms in total. The summed E-state index contributed by atoms with van der Waals surface area (Å²) in [6, 6.07) is 18.5. The number of amidine groups is 1. The van der Waals surface area contributed by atoms with Crippen LogP contribution in [0.4, 0.5) is 11.5 Å². The maximum absolute atomic E-state index is 10.1. The predicted molar refractivity (Wildman–Crippen MR) is 97.9 cm³/mol. The molecular weight excluding hydrogens is 328 g/mol. The van der Waals surface area contributed by atoms with Crippen molar-refractivity contribution in [2.75, 3.05) is 0 Å². The van der Waals surface area contributed by atoms with Crippen molar-refractivity contribution in [3.8, 4) is 5.88 Å². The summed E-state index contributed by atoms with van der Waals surface area (Å²) < 4.78 is 0. The number of benzene rings is 1. The van der Waals surface area contributed by atoms with E-state index in [0.717, 1.165) is 10.9 Å². The van der Waals surface area contributed by atoms with Gasteiger partial charge in [0.2, 0.25) is 5.88 Å². The van der Waals surface area contributed by atoms with E-state index in [9.17, 15) is 5.11 Å². The van der Waals surface area contributed by atoms with Crippen LogP contribution in [0.25, 0.3) is 10.9 Å². The second kappa shape index (κ2) is 6.94. The fourth-order valence-corrected chi connectivity index (χ4v) is 2.50. The lowest BCUT2D eigenvalue weighted by atomic mass is 10.2. The molecule has 3 heterocycles. The number of H-pyrrole nitrogens is 2. The van der Waals surface area contributed by atoms with Crippen LogP contribution < -0.4 is 4.98 Å². The number of nitrogens with zero attached hydrogens (tertiary/aromatic N) is 4. The Morgan fingerprint density at radius 2 is 1.85 bits per heavy atom. The molecule has 3 N–H and O–H groups in total. The maximum Gasteiger partial charge on any atom is 0.323 e. The molecule has 0 spiro atoms. The number of para-hydroxylation sites is 1. The quantitative estimate of drug-likeness (QED) is 0.334. The fraction of sp³-hybridized carbons (Fsp3) is 0. The van der Waals surface area contributed by atoms with E-state index in [1.807, 2.05) is 54.6 Å². The zero-order valence-electron chi connectivity index (χ0n) is 13.7. The molecule has 4 rings (SSSR count). The number of aliphatic imine (C=N–C) groups is 1. The first-order valence-electron chi connectivity index (χ1n) is 7.99. The van der Waals surface area contributed by atoms with E-state index in [-0.39, 0.29) is 5.88 Å². The summed E-state index contributed by atoms with van der Waals surface area (Å²) in [7, 11) is 0. The van der Waals surface area contributed by atoms with Gasteiger partial charge in [0.1, 0.15) is 5.69 Å². The third-order valence-electron chi connectivity index (χ3n) is 3.72. The molecule has 26 heavy (non-hydrogen) atoms. The number of aromatic hydroxyl groups is 1. The molecule has 1 aromatic carbocycles. The van der Waals surface area contributed by atoms with E-state index in [0.29, 0.717) is 23.0 Å². The first-order chi connectivity index (χ1) is 12.8. The monoisotopic (exact) mass is 343 g/mol. The predicted octanol–water partition coefficient (Wildman–Crippen LogP) is 3.94. The highest BCUT2D eigenvalue weighted by Gasteiger charge is 2.14. The number of azo groups is 1. The Balaban J connectivity index is 1.79.